The van der Waals surface area contributed by atoms with Gasteiger partial charge in [0.15, 0.2) is 0 Å². The van der Waals surface area contributed by atoms with Gasteiger partial charge in [0, 0.05) is 24.2 Å². The van der Waals surface area contributed by atoms with Gasteiger partial charge in [-0.15, -0.1) is 0 Å². The lowest BCUT2D eigenvalue weighted by Crippen LogP contribution is -2.33. The minimum Gasteiger partial charge on any atom is -0.385 e. The van der Waals surface area contributed by atoms with Gasteiger partial charge in [-0.2, -0.15) is 0 Å². The Morgan fingerprint density at radius 2 is 1.89 bits per heavy atom. The molecule has 0 fully saturated rings. The molecule has 1 aromatic carbocycles. The van der Waals surface area contributed by atoms with Crippen LogP contribution in [0.25, 0.3) is 0 Å². The van der Waals surface area contributed by atoms with Crippen molar-refractivity contribution in [3.63, 3.8) is 0 Å². The van der Waals surface area contributed by atoms with Gasteiger partial charge in [-0.3, -0.25) is 11.3 Å². The molecule has 2 atom stereocenters. The molecule has 1 aromatic rings. The number of nitrogens with one attached hydrogen (secondary N) is 1. The number of halogens is 1. The molecule has 0 saturated heterocycles. The summed E-state index contributed by atoms with van der Waals surface area (Å²) < 4.78 is 6.31. The predicted octanol–water partition coefficient (Wildman–Crippen LogP) is 3.24. The zero-order valence-electron chi connectivity index (χ0n) is 11.6. The molecule has 0 aromatic heterocycles. The maximum Gasteiger partial charge on any atom is 0.0486 e. The fourth-order valence-electron chi connectivity index (χ4n) is 2.22. The molecule has 0 bridgehead atoms. The maximum absolute atomic E-state index is 5.71. The third-order valence-corrected chi connectivity index (χ3v) is 4.59. The molecule has 2 unspecified atom stereocenters. The number of ether oxygens (including phenoxy) is 1. The largest absolute Gasteiger partial charge is 0.385 e. The molecule has 0 aliphatic heterocycles. The smallest absolute Gasteiger partial charge is 0.0486 e. The quantitative estimate of drug-likeness (QED) is 0.626. The van der Waals surface area contributed by atoms with Gasteiger partial charge in [-0.1, -0.05) is 35.0 Å². The Hall–Kier alpha value is -0.420. The molecule has 18 heavy (non-hydrogen) atoms. The number of nitrogens with two attached hydrogens (primary N) is 1. The van der Waals surface area contributed by atoms with Crippen molar-refractivity contribution in [1.29, 1.82) is 0 Å². The van der Waals surface area contributed by atoms with E-state index in [9.17, 15) is 0 Å². The molecule has 0 heterocycles. The predicted molar refractivity (Wildman–Crippen MR) is 79.3 cm³/mol. The zero-order chi connectivity index (χ0) is 13.7. The van der Waals surface area contributed by atoms with Gasteiger partial charge >= 0.3 is 0 Å². The van der Waals surface area contributed by atoms with Gasteiger partial charge in [0.1, 0.15) is 0 Å². The van der Waals surface area contributed by atoms with E-state index in [0.717, 1.165) is 13.0 Å². The number of methoxy groups -OCH3 is 1. The fourth-order valence-corrected chi connectivity index (χ4v) is 2.45. The van der Waals surface area contributed by atoms with E-state index in [1.165, 1.54) is 21.2 Å². The normalized spacial score (nSPS) is 14.6. The molecular formula is C14H23BrN2O. The fraction of sp³-hybridized carbons (Fsp3) is 0.571. The Kier molecular flexibility index (Phi) is 6.29. The van der Waals surface area contributed by atoms with Crippen LogP contribution in [0.1, 0.15) is 36.1 Å². The molecule has 0 radical (unpaired) electrons. The summed E-state index contributed by atoms with van der Waals surface area (Å²) in [5.74, 6) is 6.14. The van der Waals surface area contributed by atoms with E-state index in [2.05, 4.69) is 54.3 Å². The van der Waals surface area contributed by atoms with Gasteiger partial charge < -0.3 is 4.74 Å². The highest BCUT2D eigenvalue weighted by atomic mass is 79.9. The van der Waals surface area contributed by atoms with E-state index >= 15 is 0 Å². The van der Waals surface area contributed by atoms with Gasteiger partial charge in [0.05, 0.1) is 0 Å². The van der Waals surface area contributed by atoms with Crippen molar-refractivity contribution in [2.24, 2.45) is 11.8 Å². The second-order valence-electron chi connectivity index (χ2n) is 4.87. The van der Waals surface area contributed by atoms with Crippen molar-refractivity contribution in [2.75, 3.05) is 13.7 Å². The Labute approximate surface area is 118 Å². The minimum absolute atomic E-state index is 0.158. The summed E-state index contributed by atoms with van der Waals surface area (Å²) in [6.45, 7) is 7.16. The summed E-state index contributed by atoms with van der Waals surface area (Å²) >= 11 is 3.59. The molecule has 0 saturated carbocycles. The summed E-state index contributed by atoms with van der Waals surface area (Å²) in [6.07, 6.45) is 0.986. The molecule has 102 valence electrons. The van der Waals surface area contributed by atoms with Gasteiger partial charge in [-0.25, -0.2) is 0 Å². The zero-order valence-corrected chi connectivity index (χ0v) is 13.2. The van der Waals surface area contributed by atoms with E-state index in [-0.39, 0.29) is 6.04 Å². The second kappa shape index (κ2) is 7.24. The third-order valence-electron chi connectivity index (χ3n) is 3.34. The van der Waals surface area contributed by atoms with E-state index in [0.29, 0.717) is 5.92 Å². The maximum atomic E-state index is 5.71. The van der Waals surface area contributed by atoms with Gasteiger partial charge in [0.2, 0.25) is 0 Å². The standard InChI is InChI=1S/C14H23BrN2O/c1-9(5-6-18-4)14(17-16)12-7-10(2)13(15)11(3)8-12/h7-9,14,17H,5-6,16H2,1-4H3. The van der Waals surface area contributed by atoms with E-state index < -0.39 is 0 Å². The Bertz CT molecular complexity index is 372. The highest BCUT2D eigenvalue weighted by molar-refractivity contribution is 9.10. The molecule has 4 heteroatoms. The lowest BCUT2D eigenvalue weighted by Gasteiger charge is -2.24. The number of hydrogen-bond donors (Lipinski definition) is 2. The molecule has 1 rings (SSSR count). The first-order valence-corrected chi connectivity index (χ1v) is 7.02. The average Bonchev–Trinajstić information content (AvgIpc) is 2.34. The summed E-state index contributed by atoms with van der Waals surface area (Å²) in [5, 5.41) is 0. The molecule has 3 N–H and O–H groups in total. The third kappa shape index (κ3) is 3.79. The van der Waals surface area contributed by atoms with Crippen molar-refractivity contribution >= 4 is 15.9 Å². The monoisotopic (exact) mass is 314 g/mol. The van der Waals surface area contributed by atoms with Gasteiger partial charge in [-0.05, 0) is 42.9 Å². The first-order valence-electron chi connectivity index (χ1n) is 6.23. The summed E-state index contributed by atoms with van der Waals surface area (Å²) in [5.41, 5.74) is 6.65. The molecule has 0 spiro atoms. The number of benzene rings is 1. The Morgan fingerprint density at radius 3 is 2.33 bits per heavy atom. The number of hydrazine groups is 1. The Balaban J connectivity index is 2.94. The number of aryl methyl sites for hydroxylation is 2. The second-order valence-corrected chi connectivity index (χ2v) is 5.66. The van der Waals surface area contributed by atoms with Crippen LogP contribution in [0, 0.1) is 19.8 Å². The van der Waals surface area contributed by atoms with E-state index in [4.69, 9.17) is 10.6 Å². The van der Waals surface area contributed by atoms with Crippen molar-refractivity contribution in [3.8, 4) is 0 Å². The van der Waals surface area contributed by atoms with Crippen LogP contribution in [0.3, 0.4) is 0 Å². The summed E-state index contributed by atoms with van der Waals surface area (Å²) in [7, 11) is 1.73. The molecule has 3 nitrogen and oxygen atoms in total. The molecular weight excluding hydrogens is 292 g/mol. The highest BCUT2D eigenvalue weighted by Gasteiger charge is 2.19. The lowest BCUT2D eigenvalue weighted by atomic mass is 9.91. The van der Waals surface area contributed by atoms with Crippen molar-refractivity contribution in [2.45, 2.75) is 33.2 Å². The van der Waals surface area contributed by atoms with Crippen LogP contribution in [0.2, 0.25) is 0 Å². The Morgan fingerprint density at radius 1 is 1.33 bits per heavy atom. The van der Waals surface area contributed by atoms with Crippen LogP contribution in [0.4, 0.5) is 0 Å². The van der Waals surface area contributed by atoms with Crippen LogP contribution in [0.15, 0.2) is 16.6 Å². The molecule has 0 aliphatic carbocycles. The first-order chi connectivity index (χ1) is 8.51. The van der Waals surface area contributed by atoms with Crippen LogP contribution in [-0.4, -0.2) is 13.7 Å². The van der Waals surface area contributed by atoms with Crippen LogP contribution in [-0.2, 0) is 4.74 Å². The van der Waals surface area contributed by atoms with Crippen molar-refractivity contribution < 1.29 is 4.74 Å². The average molecular weight is 315 g/mol. The van der Waals surface area contributed by atoms with Crippen LogP contribution in [0.5, 0.6) is 0 Å². The first kappa shape index (κ1) is 15.6. The summed E-state index contributed by atoms with van der Waals surface area (Å²) in [4.78, 5) is 0. The van der Waals surface area contributed by atoms with Crippen LogP contribution < -0.4 is 11.3 Å². The minimum atomic E-state index is 0.158. The summed E-state index contributed by atoms with van der Waals surface area (Å²) in [6, 6.07) is 4.53. The van der Waals surface area contributed by atoms with Crippen molar-refractivity contribution in [1.82, 2.24) is 5.43 Å². The number of rotatable bonds is 6. The number of hydrogen-bond acceptors (Lipinski definition) is 3. The molecule has 0 aliphatic rings. The van der Waals surface area contributed by atoms with E-state index in [1.807, 2.05) is 0 Å². The SMILES string of the molecule is COCCC(C)C(NN)c1cc(C)c(Br)c(C)c1. The van der Waals surface area contributed by atoms with E-state index in [1.54, 1.807) is 7.11 Å². The lowest BCUT2D eigenvalue weighted by molar-refractivity contribution is 0.170. The topological polar surface area (TPSA) is 47.3 Å². The highest BCUT2D eigenvalue weighted by Crippen LogP contribution is 2.29. The van der Waals surface area contributed by atoms with Crippen molar-refractivity contribution in [3.05, 3.63) is 33.3 Å². The molecule has 0 amide bonds. The van der Waals surface area contributed by atoms with Gasteiger partial charge in [0.25, 0.3) is 0 Å². The van der Waals surface area contributed by atoms with Crippen LogP contribution >= 0.6 is 15.9 Å².